The number of allylic oxidation sites excluding steroid dienone is 4. The number of carbonyl (C=O) groups is 4. The Morgan fingerprint density at radius 1 is 0.379 bits per heavy atom. The maximum Gasteiger partial charge on any atom is 0.472 e. The first-order valence-electron chi connectivity index (χ1n) is 34.7. The zero-order valence-electron chi connectivity index (χ0n) is 56.0. The van der Waals surface area contributed by atoms with Crippen molar-refractivity contribution in [2.24, 2.45) is 17.8 Å². The Labute approximate surface area is 529 Å². The monoisotopic (exact) mass is 1280 g/mol. The van der Waals surface area contributed by atoms with E-state index in [1.54, 1.807) is 0 Å². The second-order valence-electron chi connectivity index (χ2n) is 25.1. The Balaban J connectivity index is 5.28. The molecule has 0 heterocycles. The summed E-state index contributed by atoms with van der Waals surface area (Å²) in [5.74, 6) is -0.0198. The van der Waals surface area contributed by atoms with Gasteiger partial charge in [-0.1, -0.05) is 259 Å². The van der Waals surface area contributed by atoms with Gasteiger partial charge in [-0.15, -0.1) is 0 Å². The Kier molecular flexibility index (Phi) is 57.0. The third-order valence-electron chi connectivity index (χ3n) is 15.4. The first-order chi connectivity index (χ1) is 41.8. The molecule has 3 unspecified atom stereocenters. The lowest BCUT2D eigenvalue weighted by atomic mass is 10.00. The Bertz CT molecular complexity index is 1810. The molecule has 0 saturated heterocycles. The van der Waals surface area contributed by atoms with Crippen LogP contribution in [-0.2, 0) is 65.4 Å². The smallest absolute Gasteiger partial charge is 0.462 e. The van der Waals surface area contributed by atoms with Gasteiger partial charge in [-0.3, -0.25) is 37.3 Å². The number of phosphoric ester groups is 2. The van der Waals surface area contributed by atoms with Crippen molar-refractivity contribution in [1.29, 1.82) is 0 Å². The summed E-state index contributed by atoms with van der Waals surface area (Å²) in [6, 6.07) is 0. The van der Waals surface area contributed by atoms with E-state index in [1.165, 1.54) is 96.3 Å². The SMILES string of the molecule is CCCCCC/C=C\C=C/CCCCCCCC(=O)OC[C@H](COP(=O)(O)OC[C@@H](O)COP(=O)(O)OC[C@@H](COC(=O)CCCCCCCCC(C)CC)OC(=O)CCCCCCCCC(C)C)OC(=O)CCCCCCCCCCCCC(C)C. The molecule has 0 bridgehead atoms. The van der Waals surface area contributed by atoms with E-state index in [4.69, 9.17) is 37.0 Å². The molecule has 6 atom stereocenters. The summed E-state index contributed by atoms with van der Waals surface area (Å²) in [5.41, 5.74) is 0. The highest BCUT2D eigenvalue weighted by Gasteiger charge is 2.30. The van der Waals surface area contributed by atoms with Crippen LogP contribution in [-0.4, -0.2) is 96.7 Å². The normalized spacial score (nSPS) is 14.8. The Morgan fingerprint density at radius 2 is 0.678 bits per heavy atom. The van der Waals surface area contributed by atoms with E-state index in [9.17, 15) is 43.2 Å². The number of rotatable bonds is 64. The second kappa shape index (κ2) is 58.6. The largest absolute Gasteiger partial charge is 0.472 e. The number of phosphoric acid groups is 2. The molecule has 0 rings (SSSR count). The molecule has 0 aliphatic rings. The van der Waals surface area contributed by atoms with Gasteiger partial charge < -0.3 is 33.8 Å². The molecular formula is C68H128O17P2. The van der Waals surface area contributed by atoms with Gasteiger partial charge in [-0.2, -0.15) is 0 Å². The van der Waals surface area contributed by atoms with Gasteiger partial charge in [0.15, 0.2) is 12.2 Å². The number of hydrogen-bond acceptors (Lipinski definition) is 15. The first-order valence-corrected chi connectivity index (χ1v) is 37.7. The highest BCUT2D eigenvalue weighted by atomic mass is 31.2. The summed E-state index contributed by atoms with van der Waals surface area (Å²) in [5, 5.41) is 10.6. The van der Waals surface area contributed by atoms with Gasteiger partial charge in [-0.05, 0) is 69.1 Å². The van der Waals surface area contributed by atoms with Crippen LogP contribution in [0.4, 0.5) is 0 Å². The van der Waals surface area contributed by atoms with E-state index in [0.717, 1.165) is 127 Å². The molecule has 0 fully saturated rings. The van der Waals surface area contributed by atoms with E-state index < -0.39 is 97.5 Å². The molecule has 0 aromatic heterocycles. The summed E-state index contributed by atoms with van der Waals surface area (Å²) >= 11 is 0. The molecule has 0 aromatic carbocycles. The van der Waals surface area contributed by atoms with Crippen LogP contribution in [0, 0.1) is 17.8 Å². The summed E-state index contributed by atoms with van der Waals surface area (Å²) in [7, 11) is -9.91. The van der Waals surface area contributed by atoms with Crippen molar-refractivity contribution < 1.29 is 80.2 Å². The molecule has 0 amide bonds. The molecule has 0 aromatic rings. The third-order valence-corrected chi connectivity index (χ3v) is 17.3. The summed E-state index contributed by atoms with van der Waals surface area (Å²) in [4.78, 5) is 72.3. The lowest BCUT2D eigenvalue weighted by molar-refractivity contribution is -0.161. The number of ether oxygens (including phenoxy) is 4. The van der Waals surface area contributed by atoms with Crippen molar-refractivity contribution in [3.05, 3.63) is 24.3 Å². The van der Waals surface area contributed by atoms with Crippen LogP contribution in [0.15, 0.2) is 24.3 Å². The number of carbonyl (C=O) groups excluding carboxylic acids is 4. The lowest BCUT2D eigenvalue weighted by Gasteiger charge is -2.21. The zero-order chi connectivity index (χ0) is 64.5. The number of aliphatic hydroxyl groups excluding tert-OH is 1. The summed E-state index contributed by atoms with van der Waals surface area (Å²) in [6.07, 6.45) is 44.1. The van der Waals surface area contributed by atoms with Crippen molar-refractivity contribution >= 4 is 39.5 Å². The molecule has 19 heteroatoms. The van der Waals surface area contributed by atoms with Crippen molar-refractivity contribution in [3.63, 3.8) is 0 Å². The van der Waals surface area contributed by atoms with Gasteiger partial charge >= 0.3 is 39.5 Å². The maximum absolute atomic E-state index is 13.0. The molecule has 17 nitrogen and oxygen atoms in total. The fourth-order valence-electron chi connectivity index (χ4n) is 9.61. The zero-order valence-corrected chi connectivity index (χ0v) is 57.7. The average molecular weight is 1280 g/mol. The summed E-state index contributed by atoms with van der Waals surface area (Å²) < 4.78 is 68.1. The van der Waals surface area contributed by atoms with Crippen LogP contribution < -0.4 is 0 Å². The van der Waals surface area contributed by atoms with E-state index in [1.807, 2.05) is 0 Å². The van der Waals surface area contributed by atoms with Gasteiger partial charge in [0.1, 0.15) is 19.3 Å². The van der Waals surface area contributed by atoms with Gasteiger partial charge in [0.05, 0.1) is 26.4 Å². The second-order valence-corrected chi connectivity index (χ2v) is 28.0. The van der Waals surface area contributed by atoms with Crippen molar-refractivity contribution in [1.82, 2.24) is 0 Å². The molecule has 0 aliphatic carbocycles. The van der Waals surface area contributed by atoms with Gasteiger partial charge in [0.2, 0.25) is 0 Å². The Morgan fingerprint density at radius 3 is 1.02 bits per heavy atom. The molecular weight excluding hydrogens is 1150 g/mol. The van der Waals surface area contributed by atoms with Crippen LogP contribution in [0.3, 0.4) is 0 Å². The molecule has 87 heavy (non-hydrogen) atoms. The molecule has 3 N–H and O–H groups in total. The number of esters is 4. The van der Waals surface area contributed by atoms with Gasteiger partial charge in [-0.25, -0.2) is 9.13 Å². The predicted molar refractivity (Wildman–Crippen MR) is 349 cm³/mol. The topological polar surface area (TPSA) is 237 Å². The number of aliphatic hydroxyl groups is 1. The molecule has 0 radical (unpaired) electrons. The van der Waals surface area contributed by atoms with Gasteiger partial charge in [0.25, 0.3) is 0 Å². The van der Waals surface area contributed by atoms with Crippen molar-refractivity contribution in [2.45, 2.75) is 330 Å². The van der Waals surface area contributed by atoms with E-state index in [2.05, 4.69) is 72.8 Å². The molecule has 0 saturated carbocycles. The molecule has 512 valence electrons. The van der Waals surface area contributed by atoms with E-state index in [-0.39, 0.29) is 25.7 Å². The minimum Gasteiger partial charge on any atom is -0.462 e. The van der Waals surface area contributed by atoms with E-state index in [0.29, 0.717) is 31.6 Å². The summed E-state index contributed by atoms with van der Waals surface area (Å²) in [6.45, 7) is 11.6. The van der Waals surface area contributed by atoms with Crippen LogP contribution in [0.1, 0.15) is 312 Å². The average Bonchev–Trinajstić information content (AvgIpc) is 3.68. The minimum atomic E-state index is -4.96. The number of hydrogen-bond donors (Lipinski definition) is 3. The van der Waals surface area contributed by atoms with Crippen molar-refractivity contribution in [2.75, 3.05) is 39.6 Å². The third kappa shape index (κ3) is 60.9. The molecule has 0 aliphatic heterocycles. The number of unbranched alkanes of at least 4 members (excludes halogenated alkanes) is 28. The predicted octanol–water partition coefficient (Wildman–Crippen LogP) is 18.6. The van der Waals surface area contributed by atoms with Crippen LogP contribution in [0.5, 0.6) is 0 Å². The van der Waals surface area contributed by atoms with Crippen molar-refractivity contribution in [3.8, 4) is 0 Å². The lowest BCUT2D eigenvalue weighted by Crippen LogP contribution is -2.30. The van der Waals surface area contributed by atoms with E-state index >= 15 is 0 Å². The standard InChI is InChI=1S/C68H128O17P2/c1-8-10-11-12-13-14-15-16-17-18-19-23-26-35-42-49-65(70)78-55-63(84-67(72)51-44-37-27-24-21-20-22-25-32-39-46-59(3)4)57-82-86(74,75)80-53-62(69)54-81-87(76,77)83-58-64(85-68(73)52-45-38-30-28-33-40-47-60(5)6)56-79-66(71)50-43-36-31-29-34-41-48-61(7)9-2/h14-17,59-64,69H,8-13,18-58H2,1-7H3,(H,74,75)(H,76,77)/b15-14-,17-16-/t61?,62-,63-,64-/m1/s1. The quantitative estimate of drug-likeness (QED) is 0.0169. The minimum absolute atomic E-state index is 0.0983. The first kappa shape index (κ1) is 84.5. The van der Waals surface area contributed by atoms with Crippen LogP contribution in [0.2, 0.25) is 0 Å². The molecule has 0 spiro atoms. The fourth-order valence-corrected chi connectivity index (χ4v) is 11.2. The highest BCUT2D eigenvalue weighted by molar-refractivity contribution is 7.47. The van der Waals surface area contributed by atoms with Gasteiger partial charge in [0, 0.05) is 25.7 Å². The highest BCUT2D eigenvalue weighted by Crippen LogP contribution is 2.45. The maximum atomic E-state index is 13.0. The van der Waals surface area contributed by atoms with Crippen LogP contribution in [0.25, 0.3) is 0 Å². The fraction of sp³-hybridized carbons (Fsp3) is 0.882. The Hall–Kier alpha value is -2.46. The van der Waals surface area contributed by atoms with Crippen LogP contribution >= 0.6 is 15.6 Å².